The van der Waals surface area contributed by atoms with Crippen LogP contribution < -0.4 is 0 Å². The highest BCUT2D eigenvalue weighted by Crippen LogP contribution is 2.61. The lowest BCUT2D eigenvalue weighted by atomic mass is 9.62. The summed E-state index contributed by atoms with van der Waals surface area (Å²) in [7, 11) is 0. The van der Waals surface area contributed by atoms with Gasteiger partial charge in [-0.05, 0) is 58.7 Å². The van der Waals surface area contributed by atoms with E-state index in [1.165, 1.54) is 81.3 Å². The number of hydrogen-bond acceptors (Lipinski definition) is 1. The van der Waals surface area contributed by atoms with Crippen LogP contribution in [0.4, 0.5) is 0 Å². The molecule has 8 aromatic rings. The zero-order chi connectivity index (χ0) is 26.0. The molecule has 2 aliphatic rings. The summed E-state index contributed by atoms with van der Waals surface area (Å²) < 4.78 is 2.51. The Labute approximate surface area is 234 Å². The molecule has 0 aliphatic carbocycles. The van der Waals surface area contributed by atoms with Gasteiger partial charge in [0.05, 0.1) is 22.1 Å². The van der Waals surface area contributed by atoms with Gasteiger partial charge in [0.2, 0.25) is 0 Å². The largest absolute Gasteiger partial charge is 0.355 e. The van der Waals surface area contributed by atoms with Gasteiger partial charge in [-0.2, -0.15) is 0 Å². The monoisotopic (exact) mass is 526 g/mol. The van der Waals surface area contributed by atoms with Crippen molar-refractivity contribution in [1.29, 1.82) is 0 Å². The maximum absolute atomic E-state index is 3.75. The lowest BCUT2D eigenvalue weighted by Crippen LogP contribution is -2.37. The quantitative estimate of drug-likeness (QED) is 0.209. The molecule has 0 bridgehead atoms. The van der Waals surface area contributed by atoms with Crippen molar-refractivity contribution < 1.29 is 0 Å². The second kappa shape index (κ2) is 7.26. The Balaban J connectivity index is 1.47. The van der Waals surface area contributed by atoms with Crippen molar-refractivity contribution >= 4 is 55.4 Å². The molecular weight excluding hydrogens is 504 g/mol. The fraction of sp³-hybridized carbons (Fsp3) is 0.0270. The topological polar surface area (TPSA) is 20.7 Å². The summed E-state index contributed by atoms with van der Waals surface area (Å²) in [6.45, 7) is 0. The van der Waals surface area contributed by atoms with Gasteiger partial charge in [0.15, 0.2) is 0 Å². The van der Waals surface area contributed by atoms with Gasteiger partial charge in [0, 0.05) is 42.4 Å². The normalized spacial score (nSPS) is 17.0. The van der Waals surface area contributed by atoms with E-state index in [1.807, 2.05) is 11.8 Å². The van der Waals surface area contributed by atoms with Crippen LogP contribution in [0.15, 0.2) is 137 Å². The van der Waals surface area contributed by atoms with E-state index >= 15 is 0 Å². The molecule has 0 radical (unpaired) electrons. The SMILES string of the molecule is c1ccc2c(c1)Sc1cc3c(cc1C21c2ccccc2-n2c4ccccc4c4cccc1c42)[nH]c1ccccc13. The Morgan fingerprint density at radius 3 is 2.17 bits per heavy atom. The number of aromatic amines is 1. The minimum Gasteiger partial charge on any atom is -0.355 e. The second-order valence-electron chi connectivity index (χ2n) is 11.0. The van der Waals surface area contributed by atoms with Gasteiger partial charge in [-0.1, -0.05) is 103 Å². The lowest BCUT2D eigenvalue weighted by molar-refractivity contribution is 0.691. The first kappa shape index (κ1) is 21.1. The lowest BCUT2D eigenvalue weighted by Gasteiger charge is -2.45. The molecule has 0 saturated heterocycles. The van der Waals surface area contributed by atoms with Crippen molar-refractivity contribution in [1.82, 2.24) is 9.55 Å². The fourth-order valence-electron chi connectivity index (χ4n) is 7.67. The third kappa shape index (κ3) is 2.36. The summed E-state index contributed by atoms with van der Waals surface area (Å²) in [5.74, 6) is 0. The molecule has 6 aromatic carbocycles. The highest BCUT2D eigenvalue weighted by molar-refractivity contribution is 7.99. The Kier molecular flexibility index (Phi) is 3.84. The summed E-state index contributed by atoms with van der Waals surface area (Å²) >= 11 is 1.91. The molecule has 0 saturated carbocycles. The van der Waals surface area contributed by atoms with Crippen LogP contribution in [0.25, 0.3) is 49.3 Å². The predicted octanol–water partition coefficient (Wildman–Crippen LogP) is 9.58. The van der Waals surface area contributed by atoms with Crippen molar-refractivity contribution in [3.63, 3.8) is 0 Å². The number of para-hydroxylation sites is 4. The maximum Gasteiger partial charge on any atom is 0.0765 e. The minimum atomic E-state index is -0.441. The molecule has 0 amide bonds. The van der Waals surface area contributed by atoms with Crippen LogP contribution in [-0.2, 0) is 5.41 Å². The number of nitrogens with zero attached hydrogens (tertiary/aromatic N) is 1. The van der Waals surface area contributed by atoms with Crippen LogP contribution in [0.1, 0.15) is 22.3 Å². The summed E-state index contributed by atoms with van der Waals surface area (Å²) in [6, 6.07) is 47.4. The number of benzene rings is 6. The molecule has 186 valence electrons. The number of H-pyrrole nitrogens is 1. The van der Waals surface area contributed by atoms with Crippen LogP contribution in [0, 0.1) is 0 Å². The average molecular weight is 527 g/mol. The van der Waals surface area contributed by atoms with Gasteiger partial charge >= 0.3 is 0 Å². The zero-order valence-electron chi connectivity index (χ0n) is 21.5. The first-order valence-corrected chi connectivity index (χ1v) is 14.6. The average Bonchev–Trinajstić information content (AvgIpc) is 3.54. The van der Waals surface area contributed by atoms with Crippen molar-refractivity contribution in [3.05, 3.63) is 150 Å². The summed E-state index contributed by atoms with van der Waals surface area (Å²) in [5.41, 5.74) is 11.2. The van der Waals surface area contributed by atoms with Gasteiger partial charge in [0.1, 0.15) is 0 Å². The fourth-order valence-corrected chi connectivity index (χ4v) is 8.88. The molecule has 3 heteroatoms. The molecule has 2 aromatic heterocycles. The Bertz CT molecular complexity index is 2370. The molecule has 1 N–H and O–H groups in total. The molecule has 1 unspecified atom stereocenters. The number of hydrogen-bond donors (Lipinski definition) is 1. The third-order valence-corrected chi connectivity index (χ3v) is 10.3. The van der Waals surface area contributed by atoms with Gasteiger partial charge < -0.3 is 9.55 Å². The Hall–Kier alpha value is -4.73. The molecule has 10 rings (SSSR count). The van der Waals surface area contributed by atoms with E-state index in [0.717, 1.165) is 0 Å². The number of fused-ring (bicyclic) bond motifs is 14. The van der Waals surface area contributed by atoms with E-state index in [-0.39, 0.29) is 0 Å². The standard InChI is InChI=1S/C37H22N2S/c1-5-16-30-22(10-1)25-20-35-29(21-31(25)38-30)37(27-14-4-8-19-34(27)40-35)26-13-3-7-18-33(26)39-32-17-6-2-11-23(32)24-12-9-15-28(37)36(24)39/h1-21,38H. The first-order valence-electron chi connectivity index (χ1n) is 13.8. The third-order valence-electron chi connectivity index (χ3n) is 9.17. The summed E-state index contributed by atoms with van der Waals surface area (Å²) in [5, 5.41) is 5.18. The van der Waals surface area contributed by atoms with Crippen LogP contribution in [0.3, 0.4) is 0 Å². The van der Waals surface area contributed by atoms with Gasteiger partial charge in [-0.15, -0.1) is 0 Å². The highest BCUT2D eigenvalue weighted by Gasteiger charge is 2.49. The predicted molar refractivity (Wildman–Crippen MR) is 166 cm³/mol. The smallest absolute Gasteiger partial charge is 0.0765 e. The van der Waals surface area contributed by atoms with Crippen molar-refractivity contribution in [3.8, 4) is 5.69 Å². The molecule has 4 heterocycles. The minimum absolute atomic E-state index is 0.441. The van der Waals surface area contributed by atoms with Gasteiger partial charge in [-0.3, -0.25) is 0 Å². The zero-order valence-corrected chi connectivity index (χ0v) is 22.3. The summed E-state index contributed by atoms with van der Waals surface area (Å²) in [4.78, 5) is 6.40. The highest BCUT2D eigenvalue weighted by atomic mass is 32.2. The van der Waals surface area contributed by atoms with Crippen LogP contribution in [-0.4, -0.2) is 9.55 Å². The molecule has 0 fully saturated rings. The van der Waals surface area contributed by atoms with E-state index in [9.17, 15) is 0 Å². The Morgan fingerprint density at radius 2 is 1.23 bits per heavy atom. The molecular formula is C37H22N2S. The van der Waals surface area contributed by atoms with Crippen molar-refractivity contribution in [2.45, 2.75) is 15.2 Å². The molecule has 1 atom stereocenters. The van der Waals surface area contributed by atoms with Crippen molar-refractivity contribution in [2.24, 2.45) is 0 Å². The number of rotatable bonds is 0. The van der Waals surface area contributed by atoms with E-state index < -0.39 is 5.41 Å². The van der Waals surface area contributed by atoms with Crippen LogP contribution in [0.2, 0.25) is 0 Å². The molecule has 2 aliphatic heterocycles. The molecule has 40 heavy (non-hydrogen) atoms. The van der Waals surface area contributed by atoms with E-state index in [4.69, 9.17) is 0 Å². The van der Waals surface area contributed by atoms with E-state index in [1.54, 1.807) is 0 Å². The first-order chi connectivity index (χ1) is 19.8. The van der Waals surface area contributed by atoms with Gasteiger partial charge in [0.25, 0.3) is 0 Å². The maximum atomic E-state index is 3.75. The van der Waals surface area contributed by atoms with Crippen LogP contribution >= 0.6 is 11.8 Å². The second-order valence-corrected chi connectivity index (χ2v) is 12.1. The van der Waals surface area contributed by atoms with Crippen molar-refractivity contribution in [2.75, 3.05) is 0 Å². The van der Waals surface area contributed by atoms with E-state index in [0.29, 0.717) is 0 Å². The molecule has 2 nitrogen and oxygen atoms in total. The van der Waals surface area contributed by atoms with Gasteiger partial charge in [-0.25, -0.2) is 0 Å². The number of aromatic nitrogens is 2. The molecule has 1 spiro atoms. The number of nitrogens with one attached hydrogen (secondary N) is 1. The summed E-state index contributed by atoms with van der Waals surface area (Å²) in [6.07, 6.45) is 0. The Morgan fingerprint density at radius 1 is 0.500 bits per heavy atom. The van der Waals surface area contributed by atoms with E-state index in [2.05, 4.69) is 137 Å². The van der Waals surface area contributed by atoms with Crippen LogP contribution in [0.5, 0.6) is 0 Å².